The van der Waals surface area contributed by atoms with E-state index in [1.165, 1.54) is 0 Å². The monoisotopic (exact) mass is 193 g/mol. The van der Waals surface area contributed by atoms with Crippen LogP contribution in [0.15, 0.2) is 24.3 Å². The highest BCUT2D eigenvalue weighted by molar-refractivity contribution is 5.95. The summed E-state index contributed by atoms with van der Waals surface area (Å²) in [7, 11) is 0. The Kier molecular flexibility index (Phi) is 3.23. The van der Waals surface area contributed by atoms with Crippen molar-refractivity contribution < 1.29 is 14.7 Å². The molecule has 0 saturated carbocycles. The van der Waals surface area contributed by atoms with E-state index in [4.69, 9.17) is 5.11 Å². The Hall–Kier alpha value is -1.84. The van der Waals surface area contributed by atoms with E-state index in [1.807, 2.05) is 6.92 Å². The highest BCUT2D eigenvalue weighted by atomic mass is 16.4. The Bertz CT molecular complexity index is 343. The van der Waals surface area contributed by atoms with Gasteiger partial charge in [0.2, 0.25) is 0 Å². The van der Waals surface area contributed by atoms with Gasteiger partial charge in [0.1, 0.15) is 6.54 Å². The summed E-state index contributed by atoms with van der Waals surface area (Å²) in [5.41, 5.74) is 1.52. The van der Waals surface area contributed by atoms with Crippen LogP contribution in [0.3, 0.4) is 0 Å². The molecule has 0 spiro atoms. The van der Waals surface area contributed by atoms with Crippen molar-refractivity contribution in [1.82, 2.24) is 5.32 Å². The maximum atomic E-state index is 11.3. The molecule has 1 aromatic rings. The Morgan fingerprint density at radius 2 is 1.86 bits per heavy atom. The summed E-state index contributed by atoms with van der Waals surface area (Å²) < 4.78 is 0. The molecule has 1 amide bonds. The lowest BCUT2D eigenvalue weighted by Gasteiger charge is -2.01. The molecule has 1 aromatic carbocycles. The average Bonchev–Trinajstić information content (AvgIpc) is 2.15. The van der Waals surface area contributed by atoms with Crippen LogP contribution in [0.25, 0.3) is 0 Å². The van der Waals surface area contributed by atoms with E-state index in [2.05, 4.69) is 5.32 Å². The Labute approximate surface area is 81.6 Å². The number of carbonyl (C=O) groups is 2. The van der Waals surface area contributed by atoms with Gasteiger partial charge in [-0.25, -0.2) is 0 Å². The molecule has 0 aliphatic carbocycles. The quantitative estimate of drug-likeness (QED) is 0.746. The molecule has 2 N–H and O–H groups in total. The van der Waals surface area contributed by atoms with E-state index in [0.717, 1.165) is 5.56 Å². The Morgan fingerprint density at radius 3 is 2.36 bits per heavy atom. The average molecular weight is 193 g/mol. The molecule has 0 radical (unpaired) electrons. The maximum Gasteiger partial charge on any atom is 0.322 e. The highest BCUT2D eigenvalue weighted by Crippen LogP contribution is 2.02. The van der Waals surface area contributed by atoms with Gasteiger partial charge in [-0.3, -0.25) is 9.59 Å². The van der Waals surface area contributed by atoms with Gasteiger partial charge in [-0.15, -0.1) is 0 Å². The van der Waals surface area contributed by atoms with E-state index < -0.39 is 5.97 Å². The summed E-state index contributed by atoms with van der Waals surface area (Å²) in [6.07, 6.45) is 0. The summed E-state index contributed by atoms with van der Waals surface area (Å²) in [5, 5.41) is 10.6. The van der Waals surface area contributed by atoms with Gasteiger partial charge in [0, 0.05) is 5.56 Å². The molecule has 0 aromatic heterocycles. The van der Waals surface area contributed by atoms with Gasteiger partial charge in [0.25, 0.3) is 5.91 Å². The second kappa shape index (κ2) is 4.41. The lowest BCUT2D eigenvalue weighted by molar-refractivity contribution is -0.135. The molecule has 0 bridgehead atoms. The fraction of sp³-hybridized carbons (Fsp3) is 0.200. The summed E-state index contributed by atoms with van der Waals surface area (Å²) in [6.45, 7) is 1.56. The Balaban J connectivity index is 2.61. The van der Waals surface area contributed by atoms with Crippen LogP contribution in [0.1, 0.15) is 15.9 Å². The largest absolute Gasteiger partial charge is 0.480 e. The SMILES string of the molecule is Cc1ccc(C(=O)NCC(=O)O)cc1. The van der Waals surface area contributed by atoms with Crippen LogP contribution >= 0.6 is 0 Å². The van der Waals surface area contributed by atoms with Crippen LogP contribution in [0.5, 0.6) is 0 Å². The second-order valence-electron chi connectivity index (χ2n) is 2.94. The first kappa shape index (κ1) is 10.2. The van der Waals surface area contributed by atoms with Crippen molar-refractivity contribution in [3.63, 3.8) is 0 Å². The number of aliphatic carboxylic acids is 1. The van der Waals surface area contributed by atoms with Crippen molar-refractivity contribution >= 4 is 11.9 Å². The minimum absolute atomic E-state index is 0.354. The third-order valence-corrected chi connectivity index (χ3v) is 1.71. The first-order valence-corrected chi connectivity index (χ1v) is 4.16. The molecule has 14 heavy (non-hydrogen) atoms. The van der Waals surface area contributed by atoms with Gasteiger partial charge < -0.3 is 10.4 Å². The highest BCUT2D eigenvalue weighted by Gasteiger charge is 2.05. The number of nitrogens with one attached hydrogen (secondary N) is 1. The van der Waals surface area contributed by atoms with Gasteiger partial charge in [0.05, 0.1) is 0 Å². The van der Waals surface area contributed by atoms with E-state index in [9.17, 15) is 9.59 Å². The minimum atomic E-state index is -1.05. The van der Waals surface area contributed by atoms with E-state index in [1.54, 1.807) is 24.3 Å². The smallest absolute Gasteiger partial charge is 0.322 e. The molecular weight excluding hydrogens is 182 g/mol. The third-order valence-electron chi connectivity index (χ3n) is 1.71. The van der Waals surface area contributed by atoms with E-state index in [-0.39, 0.29) is 12.5 Å². The van der Waals surface area contributed by atoms with Crippen molar-refractivity contribution in [2.75, 3.05) is 6.54 Å². The first-order valence-electron chi connectivity index (χ1n) is 4.16. The summed E-state index contributed by atoms with van der Waals surface area (Å²) in [4.78, 5) is 21.5. The van der Waals surface area contributed by atoms with Gasteiger partial charge in [-0.1, -0.05) is 17.7 Å². The van der Waals surface area contributed by atoms with Crippen LogP contribution < -0.4 is 5.32 Å². The number of rotatable bonds is 3. The second-order valence-corrected chi connectivity index (χ2v) is 2.94. The van der Waals surface area contributed by atoms with Crippen molar-refractivity contribution in [2.24, 2.45) is 0 Å². The van der Waals surface area contributed by atoms with Crippen LogP contribution in [0.4, 0.5) is 0 Å². The van der Waals surface area contributed by atoms with Gasteiger partial charge in [0.15, 0.2) is 0 Å². The number of carboxylic acids is 1. The lowest BCUT2D eigenvalue weighted by Crippen LogP contribution is -2.29. The van der Waals surface area contributed by atoms with Gasteiger partial charge in [-0.2, -0.15) is 0 Å². The molecular formula is C10H11NO3. The molecule has 4 heteroatoms. The predicted octanol–water partition coefficient (Wildman–Crippen LogP) is 0.809. The fourth-order valence-corrected chi connectivity index (χ4v) is 0.963. The van der Waals surface area contributed by atoms with Crippen LogP contribution in [0, 0.1) is 6.92 Å². The van der Waals surface area contributed by atoms with Crippen molar-refractivity contribution in [1.29, 1.82) is 0 Å². The van der Waals surface area contributed by atoms with Crippen molar-refractivity contribution in [3.8, 4) is 0 Å². The molecule has 0 saturated heterocycles. The zero-order valence-electron chi connectivity index (χ0n) is 7.78. The van der Waals surface area contributed by atoms with Gasteiger partial charge in [-0.05, 0) is 19.1 Å². The summed E-state index contributed by atoms with van der Waals surface area (Å²) >= 11 is 0. The molecule has 74 valence electrons. The molecule has 0 fully saturated rings. The van der Waals surface area contributed by atoms with Crippen LogP contribution in [-0.2, 0) is 4.79 Å². The lowest BCUT2D eigenvalue weighted by atomic mass is 10.1. The number of carbonyl (C=O) groups excluding carboxylic acids is 1. The number of amides is 1. The van der Waals surface area contributed by atoms with Crippen molar-refractivity contribution in [3.05, 3.63) is 35.4 Å². The van der Waals surface area contributed by atoms with Crippen LogP contribution in [0.2, 0.25) is 0 Å². The van der Waals surface area contributed by atoms with Gasteiger partial charge >= 0.3 is 5.97 Å². The predicted molar refractivity (Wildman–Crippen MR) is 51.1 cm³/mol. The first-order chi connectivity index (χ1) is 6.59. The number of aryl methyl sites for hydroxylation is 1. The normalized spacial score (nSPS) is 9.50. The number of carboxylic acid groups (broad SMARTS) is 1. The number of hydrogen-bond donors (Lipinski definition) is 2. The topological polar surface area (TPSA) is 66.4 Å². The summed E-state index contributed by atoms with van der Waals surface area (Å²) in [6, 6.07) is 6.92. The minimum Gasteiger partial charge on any atom is -0.480 e. The molecule has 1 rings (SSSR count). The fourth-order valence-electron chi connectivity index (χ4n) is 0.963. The number of benzene rings is 1. The standard InChI is InChI=1S/C10H11NO3/c1-7-2-4-8(5-3-7)10(14)11-6-9(12)13/h2-5H,6H2,1H3,(H,11,14)(H,12,13). The Morgan fingerprint density at radius 1 is 1.29 bits per heavy atom. The number of hydrogen-bond acceptors (Lipinski definition) is 2. The zero-order valence-corrected chi connectivity index (χ0v) is 7.78. The molecule has 0 aliphatic heterocycles. The maximum absolute atomic E-state index is 11.3. The van der Waals surface area contributed by atoms with E-state index in [0.29, 0.717) is 5.56 Å². The molecule has 0 unspecified atom stereocenters. The van der Waals surface area contributed by atoms with Crippen LogP contribution in [-0.4, -0.2) is 23.5 Å². The molecule has 0 heterocycles. The van der Waals surface area contributed by atoms with E-state index >= 15 is 0 Å². The molecule has 0 aliphatic rings. The molecule has 0 atom stereocenters. The third kappa shape index (κ3) is 2.90. The zero-order chi connectivity index (χ0) is 10.6. The summed E-state index contributed by atoms with van der Waals surface area (Å²) in [5.74, 6) is -1.42. The van der Waals surface area contributed by atoms with Crippen molar-refractivity contribution in [2.45, 2.75) is 6.92 Å². The molecule has 4 nitrogen and oxygen atoms in total.